The van der Waals surface area contributed by atoms with Gasteiger partial charge >= 0.3 is 0 Å². The number of hydrogen-bond donors (Lipinski definition) is 1. The largest absolute Gasteiger partial charge is 0.381 e. The van der Waals surface area contributed by atoms with E-state index in [9.17, 15) is 4.79 Å². The highest BCUT2D eigenvalue weighted by atomic mass is 35.5. The molecule has 4 nitrogen and oxygen atoms in total. The molecular weight excluding hydrogens is 324 g/mol. The van der Waals surface area contributed by atoms with E-state index in [1.807, 2.05) is 13.1 Å². The van der Waals surface area contributed by atoms with Crippen LogP contribution < -0.4 is 5.32 Å². The van der Waals surface area contributed by atoms with Gasteiger partial charge in [0, 0.05) is 32.3 Å². The molecule has 2 aliphatic rings. The van der Waals surface area contributed by atoms with Gasteiger partial charge in [0.25, 0.3) is 0 Å². The summed E-state index contributed by atoms with van der Waals surface area (Å²) in [4.78, 5) is 15.6. The number of piperidine rings is 1. The van der Waals surface area contributed by atoms with Crippen molar-refractivity contribution in [3.8, 4) is 0 Å². The van der Waals surface area contributed by atoms with Crippen molar-refractivity contribution < 1.29 is 9.53 Å². The van der Waals surface area contributed by atoms with Gasteiger partial charge in [-0.2, -0.15) is 0 Å². The van der Waals surface area contributed by atoms with Gasteiger partial charge in [0.05, 0.1) is 5.41 Å². The average molecular weight is 353 g/mol. The Kier molecular flexibility index (Phi) is 6.67. The molecule has 1 atom stereocenters. The number of likely N-dealkylation sites (tertiary alicyclic amines) is 1. The molecule has 134 valence electrons. The fourth-order valence-electron chi connectivity index (χ4n) is 4.13. The average Bonchev–Trinajstić information content (AvgIpc) is 2.62. The van der Waals surface area contributed by atoms with Gasteiger partial charge in [-0.25, -0.2) is 0 Å². The summed E-state index contributed by atoms with van der Waals surface area (Å²) < 4.78 is 5.58. The van der Waals surface area contributed by atoms with E-state index in [4.69, 9.17) is 4.74 Å². The van der Waals surface area contributed by atoms with Gasteiger partial charge in [0.2, 0.25) is 5.91 Å². The molecule has 2 heterocycles. The first-order valence-corrected chi connectivity index (χ1v) is 8.78. The summed E-state index contributed by atoms with van der Waals surface area (Å²) in [6.45, 7) is 5.16. The number of nitrogens with one attached hydrogen (secondary N) is 1. The molecule has 1 unspecified atom stereocenters. The van der Waals surface area contributed by atoms with Crippen LogP contribution in [0.3, 0.4) is 0 Å². The number of carbonyl (C=O) groups excluding carboxylic acids is 1. The molecule has 0 bridgehead atoms. The SMILES string of the molecule is CNC1CCCN(C(=O)C2(c3ccccc3C)CCOCC2)C1.Cl. The molecule has 1 N–H and O–H groups in total. The molecule has 1 amide bonds. The summed E-state index contributed by atoms with van der Waals surface area (Å²) in [7, 11) is 1.99. The molecular formula is C19H29ClN2O2. The van der Waals surface area contributed by atoms with Crippen LogP contribution in [0.15, 0.2) is 24.3 Å². The van der Waals surface area contributed by atoms with Crippen LogP contribution in [0.4, 0.5) is 0 Å². The summed E-state index contributed by atoms with van der Waals surface area (Å²) in [5, 5.41) is 3.34. The Bertz CT molecular complexity index is 558. The third kappa shape index (κ3) is 3.61. The number of benzene rings is 1. The molecule has 2 aliphatic heterocycles. The van der Waals surface area contributed by atoms with E-state index in [-0.39, 0.29) is 12.4 Å². The van der Waals surface area contributed by atoms with Crippen LogP contribution >= 0.6 is 12.4 Å². The predicted octanol–water partition coefficient (Wildman–Crippen LogP) is 2.68. The zero-order chi connectivity index (χ0) is 16.3. The number of nitrogens with zero attached hydrogens (tertiary/aromatic N) is 1. The Balaban J connectivity index is 0.00000208. The van der Waals surface area contributed by atoms with Gasteiger partial charge in [-0.3, -0.25) is 4.79 Å². The number of likely N-dealkylation sites (N-methyl/N-ethyl adjacent to an activating group) is 1. The Morgan fingerprint density at radius 3 is 2.67 bits per heavy atom. The molecule has 0 aromatic heterocycles. The fraction of sp³-hybridized carbons (Fsp3) is 0.632. The number of halogens is 1. The highest BCUT2D eigenvalue weighted by Crippen LogP contribution is 2.39. The Morgan fingerprint density at radius 1 is 1.29 bits per heavy atom. The van der Waals surface area contributed by atoms with Crippen LogP contribution in [0.1, 0.15) is 36.8 Å². The van der Waals surface area contributed by atoms with E-state index in [0.29, 0.717) is 25.2 Å². The lowest BCUT2D eigenvalue weighted by Gasteiger charge is -2.43. The topological polar surface area (TPSA) is 41.6 Å². The lowest BCUT2D eigenvalue weighted by Crippen LogP contribution is -2.55. The highest BCUT2D eigenvalue weighted by Gasteiger charge is 2.45. The normalized spacial score (nSPS) is 23.4. The van der Waals surface area contributed by atoms with Crippen LogP contribution in [0.2, 0.25) is 0 Å². The van der Waals surface area contributed by atoms with Crippen molar-refractivity contribution in [2.75, 3.05) is 33.4 Å². The van der Waals surface area contributed by atoms with Crippen molar-refractivity contribution in [2.24, 2.45) is 0 Å². The summed E-state index contributed by atoms with van der Waals surface area (Å²) in [6.07, 6.45) is 3.81. The molecule has 0 aliphatic carbocycles. The van der Waals surface area contributed by atoms with E-state index in [1.165, 1.54) is 11.1 Å². The summed E-state index contributed by atoms with van der Waals surface area (Å²) in [5.74, 6) is 0.301. The maximum Gasteiger partial charge on any atom is 0.233 e. The Morgan fingerprint density at radius 2 is 2.00 bits per heavy atom. The van der Waals surface area contributed by atoms with E-state index < -0.39 is 5.41 Å². The maximum absolute atomic E-state index is 13.5. The highest BCUT2D eigenvalue weighted by molar-refractivity contribution is 5.89. The summed E-state index contributed by atoms with van der Waals surface area (Å²) in [6, 6.07) is 8.78. The molecule has 2 fully saturated rings. The Labute approximate surface area is 151 Å². The second-order valence-corrected chi connectivity index (χ2v) is 6.89. The first-order chi connectivity index (χ1) is 11.2. The number of rotatable bonds is 3. The molecule has 1 aromatic rings. The van der Waals surface area contributed by atoms with Crippen molar-refractivity contribution in [1.82, 2.24) is 10.2 Å². The first-order valence-electron chi connectivity index (χ1n) is 8.78. The fourth-order valence-corrected chi connectivity index (χ4v) is 4.13. The van der Waals surface area contributed by atoms with Gasteiger partial charge < -0.3 is 15.0 Å². The monoisotopic (exact) mass is 352 g/mol. The van der Waals surface area contributed by atoms with Crippen LogP contribution in [0.25, 0.3) is 0 Å². The minimum absolute atomic E-state index is 0. The molecule has 2 saturated heterocycles. The Hall–Kier alpha value is -1.10. The van der Waals surface area contributed by atoms with Crippen LogP contribution in [-0.4, -0.2) is 50.2 Å². The van der Waals surface area contributed by atoms with Crippen LogP contribution in [0, 0.1) is 6.92 Å². The number of ether oxygens (including phenoxy) is 1. The lowest BCUT2D eigenvalue weighted by molar-refractivity contribution is -0.142. The van der Waals surface area contributed by atoms with E-state index in [0.717, 1.165) is 38.8 Å². The molecule has 1 aromatic carbocycles. The summed E-state index contributed by atoms with van der Waals surface area (Å²) in [5.41, 5.74) is 2.00. The molecule has 24 heavy (non-hydrogen) atoms. The van der Waals surface area contributed by atoms with Gasteiger partial charge in [0.1, 0.15) is 0 Å². The van der Waals surface area contributed by atoms with Crippen molar-refractivity contribution in [2.45, 2.75) is 44.1 Å². The standard InChI is InChI=1S/C19H28N2O2.ClH/c1-15-6-3-4-8-17(15)19(9-12-23-13-10-19)18(22)21-11-5-7-16(14-21)20-2;/h3-4,6,8,16,20H,5,7,9-14H2,1-2H3;1H. The van der Waals surface area contributed by atoms with E-state index in [2.05, 4.69) is 35.3 Å². The van der Waals surface area contributed by atoms with Gasteiger partial charge in [-0.05, 0) is 50.8 Å². The first kappa shape index (κ1) is 19.2. The third-order valence-corrected chi connectivity index (χ3v) is 5.53. The predicted molar refractivity (Wildman–Crippen MR) is 98.8 cm³/mol. The third-order valence-electron chi connectivity index (χ3n) is 5.53. The van der Waals surface area contributed by atoms with E-state index >= 15 is 0 Å². The van der Waals surface area contributed by atoms with Crippen LogP contribution in [0.5, 0.6) is 0 Å². The zero-order valence-corrected chi connectivity index (χ0v) is 15.5. The van der Waals surface area contributed by atoms with E-state index in [1.54, 1.807) is 0 Å². The van der Waals surface area contributed by atoms with Crippen molar-refractivity contribution in [3.63, 3.8) is 0 Å². The van der Waals surface area contributed by atoms with Gasteiger partial charge in [-0.15, -0.1) is 12.4 Å². The molecule has 0 radical (unpaired) electrons. The second-order valence-electron chi connectivity index (χ2n) is 6.89. The van der Waals surface area contributed by atoms with Crippen molar-refractivity contribution in [3.05, 3.63) is 35.4 Å². The summed E-state index contributed by atoms with van der Waals surface area (Å²) >= 11 is 0. The second kappa shape index (κ2) is 8.32. The van der Waals surface area contributed by atoms with Gasteiger partial charge in [-0.1, -0.05) is 24.3 Å². The molecule has 5 heteroatoms. The minimum Gasteiger partial charge on any atom is -0.381 e. The molecule has 0 spiro atoms. The minimum atomic E-state index is -0.404. The van der Waals surface area contributed by atoms with Crippen LogP contribution in [-0.2, 0) is 14.9 Å². The van der Waals surface area contributed by atoms with Crippen molar-refractivity contribution in [1.29, 1.82) is 0 Å². The number of carbonyl (C=O) groups is 1. The number of aryl methyl sites for hydroxylation is 1. The van der Waals surface area contributed by atoms with Gasteiger partial charge in [0.15, 0.2) is 0 Å². The zero-order valence-electron chi connectivity index (χ0n) is 14.7. The molecule has 3 rings (SSSR count). The quantitative estimate of drug-likeness (QED) is 0.909. The maximum atomic E-state index is 13.5. The number of hydrogen-bond acceptors (Lipinski definition) is 3. The smallest absolute Gasteiger partial charge is 0.233 e. The molecule has 0 saturated carbocycles. The van der Waals surface area contributed by atoms with Crippen molar-refractivity contribution >= 4 is 18.3 Å². The number of amides is 1. The lowest BCUT2D eigenvalue weighted by atomic mass is 9.71.